The quantitative estimate of drug-likeness (QED) is 0.797. The lowest BCUT2D eigenvalue weighted by molar-refractivity contribution is -0.137. The summed E-state index contributed by atoms with van der Waals surface area (Å²) in [4.78, 5) is 8.47. The second-order valence-electron chi connectivity index (χ2n) is 4.77. The smallest absolute Gasteiger partial charge is 0.222 e. The summed E-state index contributed by atoms with van der Waals surface area (Å²) >= 11 is 6.02. The van der Waals surface area contributed by atoms with E-state index < -0.39 is 11.7 Å². The maximum Gasteiger partial charge on any atom is 0.419 e. The molecule has 2 aromatic rings. The Morgan fingerprint density at radius 3 is 2.55 bits per heavy atom. The summed E-state index contributed by atoms with van der Waals surface area (Å²) in [5, 5.41) is 3.97. The van der Waals surface area contributed by atoms with Crippen molar-refractivity contribution in [3.05, 3.63) is 34.5 Å². The Hall–Kier alpha value is -1.63. The summed E-state index contributed by atoms with van der Waals surface area (Å²) in [6.45, 7) is 1.66. The fraction of sp³-hybridized carbons (Fsp3) is 0.417. The molecule has 0 atom stereocenters. The van der Waals surface area contributed by atoms with Crippen molar-refractivity contribution in [2.24, 2.45) is 0 Å². The van der Waals surface area contributed by atoms with Gasteiger partial charge in [0, 0.05) is 17.7 Å². The molecule has 106 valence electrons. The summed E-state index contributed by atoms with van der Waals surface area (Å²) in [7, 11) is 0. The van der Waals surface area contributed by atoms with E-state index in [2.05, 4.69) is 15.1 Å². The van der Waals surface area contributed by atoms with Gasteiger partial charge in [-0.25, -0.2) is 14.6 Å². The Morgan fingerprint density at radius 2 is 2.00 bits per heavy atom. The molecule has 0 saturated heterocycles. The van der Waals surface area contributed by atoms with Crippen LogP contribution in [0.25, 0.3) is 5.82 Å². The lowest BCUT2D eigenvalue weighted by atomic mass is 10.3. The van der Waals surface area contributed by atoms with E-state index in [0.717, 1.165) is 29.9 Å². The van der Waals surface area contributed by atoms with E-state index in [-0.39, 0.29) is 11.1 Å². The summed E-state index contributed by atoms with van der Waals surface area (Å²) in [6.07, 6.45) is -0.797. The molecule has 8 heteroatoms. The fourth-order valence-electron chi connectivity index (χ4n) is 1.83. The summed E-state index contributed by atoms with van der Waals surface area (Å²) in [6, 6.07) is 0. The summed E-state index contributed by atoms with van der Waals surface area (Å²) < 4.78 is 38.9. The molecule has 3 rings (SSSR count). The molecule has 0 aliphatic heterocycles. The van der Waals surface area contributed by atoms with Crippen molar-refractivity contribution in [2.45, 2.75) is 31.9 Å². The molecule has 20 heavy (non-hydrogen) atoms. The van der Waals surface area contributed by atoms with Crippen LogP contribution < -0.4 is 0 Å². The molecule has 2 aromatic heterocycles. The van der Waals surface area contributed by atoms with Gasteiger partial charge in [0.1, 0.15) is 11.0 Å². The number of hydrogen-bond acceptors (Lipinski definition) is 3. The van der Waals surface area contributed by atoms with Crippen molar-refractivity contribution >= 4 is 11.6 Å². The van der Waals surface area contributed by atoms with Gasteiger partial charge in [0.05, 0.1) is 11.8 Å². The first-order valence-electron chi connectivity index (χ1n) is 6.02. The van der Waals surface area contributed by atoms with Gasteiger partial charge in [-0.2, -0.15) is 18.3 Å². The monoisotopic (exact) mass is 302 g/mol. The minimum absolute atomic E-state index is 0.251. The fourth-order valence-corrected chi connectivity index (χ4v) is 2.00. The van der Waals surface area contributed by atoms with E-state index in [4.69, 9.17) is 11.6 Å². The lowest BCUT2D eigenvalue weighted by Gasteiger charge is -2.08. The van der Waals surface area contributed by atoms with Gasteiger partial charge in [-0.3, -0.25) is 0 Å². The number of halogens is 4. The number of nitrogens with zero attached hydrogens (tertiary/aromatic N) is 4. The van der Waals surface area contributed by atoms with E-state index >= 15 is 0 Å². The summed E-state index contributed by atoms with van der Waals surface area (Å²) in [5.41, 5.74) is -0.313. The van der Waals surface area contributed by atoms with Crippen LogP contribution in [0.1, 0.15) is 35.7 Å². The number of alkyl halides is 3. The third-order valence-corrected chi connectivity index (χ3v) is 3.52. The highest BCUT2D eigenvalue weighted by atomic mass is 35.5. The molecule has 1 fully saturated rings. The van der Waals surface area contributed by atoms with Gasteiger partial charge in [-0.05, 0) is 19.8 Å². The van der Waals surface area contributed by atoms with Crippen LogP contribution in [-0.2, 0) is 6.18 Å². The second-order valence-corrected chi connectivity index (χ2v) is 5.12. The molecule has 1 aliphatic rings. The van der Waals surface area contributed by atoms with Gasteiger partial charge < -0.3 is 0 Å². The topological polar surface area (TPSA) is 43.6 Å². The zero-order valence-electron chi connectivity index (χ0n) is 10.4. The van der Waals surface area contributed by atoms with Gasteiger partial charge >= 0.3 is 6.18 Å². The van der Waals surface area contributed by atoms with Crippen molar-refractivity contribution in [1.29, 1.82) is 0 Å². The molecular formula is C12H10ClF3N4. The standard InChI is InChI=1S/C12H10ClF3N4/c1-6-9(13)18-10(7-2-3-7)19-11(6)20-5-8(4-17-20)12(14,15)16/h4-5,7H,2-3H2,1H3. The molecule has 0 unspecified atom stereocenters. The predicted molar refractivity (Wildman–Crippen MR) is 65.9 cm³/mol. The Kier molecular flexibility index (Phi) is 2.97. The Morgan fingerprint density at radius 1 is 1.30 bits per heavy atom. The molecule has 2 heterocycles. The molecule has 1 saturated carbocycles. The van der Waals surface area contributed by atoms with E-state index in [0.29, 0.717) is 17.2 Å². The van der Waals surface area contributed by atoms with Gasteiger partial charge in [0.25, 0.3) is 0 Å². The highest BCUT2D eigenvalue weighted by molar-refractivity contribution is 6.30. The molecule has 0 amide bonds. The SMILES string of the molecule is Cc1c(Cl)nc(C2CC2)nc1-n1cc(C(F)(F)F)cn1. The molecule has 0 bridgehead atoms. The molecule has 4 nitrogen and oxygen atoms in total. The van der Waals surface area contributed by atoms with Gasteiger partial charge in [-0.1, -0.05) is 11.6 Å². The van der Waals surface area contributed by atoms with Crippen LogP contribution in [0.2, 0.25) is 5.15 Å². The normalized spacial score (nSPS) is 15.7. The maximum absolute atomic E-state index is 12.6. The van der Waals surface area contributed by atoms with Crippen LogP contribution in [0, 0.1) is 6.92 Å². The van der Waals surface area contributed by atoms with E-state index in [9.17, 15) is 13.2 Å². The third kappa shape index (κ3) is 2.37. The van der Waals surface area contributed by atoms with Crippen LogP contribution in [0.4, 0.5) is 13.2 Å². The van der Waals surface area contributed by atoms with Crippen molar-refractivity contribution < 1.29 is 13.2 Å². The van der Waals surface area contributed by atoms with E-state index in [1.807, 2.05) is 0 Å². The third-order valence-electron chi connectivity index (χ3n) is 3.15. The van der Waals surface area contributed by atoms with E-state index in [1.165, 1.54) is 0 Å². The van der Waals surface area contributed by atoms with Gasteiger partial charge in [0.15, 0.2) is 5.82 Å². The first-order chi connectivity index (χ1) is 9.36. The average molecular weight is 303 g/mol. The van der Waals surface area contributed by atoms with E-state index in [1.54, 1.807) is 6.92 Å². The highest BCUT2D eigenvalue weighted by Gasteiger charge is 2.33. The van der Waals surface area contributed by atoms with Gasteiger partial charge in [-0.15, -0.1) is 0 Å². The first kappa shape index (κ1) is 13.4. The van der Waals surface area contributed by atoms with Crippen LogP contribution in [0.15, 0.2) is 12.4 Å². The maximum atomic E-state index is 12.6. The molecular weight excluding hydrogens is 293 g/mol. The number of rotatable bonds is 2. The van der Waals surface area contributed by atoms with Crippen molar-refractivity contribution in [1.82, 2.24) is 19.7 Å². The zero-order valence-corrected chi connectivity index (χ0v) is 11.2. The van der Waals surface area contributed by atoms with Crippen LogP contribution in [0.3, 0.4) is 0 Å². The molecule has 0 radical (unpaired) electrons. The number of aromatic nitrogens is 4. The Balaban J connectivity index is 2.07. The summed E-state index contributed by atoms with van der Waals surface area (Å²) in [5.74, 6) is 1.12. The number of hydrogen-bond donors (Lipinski definition) is 0. The zero-order chi connectivity index (χ0) is 14.5. The first-order valence-corrected chi connectivity index (χ1v) is 6.40. The Bertz CT molecular complexity index is 661. The minimum Gasteiger partial charge on any atom is -0.222 e. The van der Waals surface area contributed by atoms with Crippen molar-refractivity contribution in [2.75, 3.05) is 0 Å². The Labute approximate surface area is 117 Å². The molecule has 0 aromatic carbocycles. The minimum atomic E-state index is -4.43. The molecule has 1 aliphatic carbocycles. The lowest BCUT2D eigenvalue weighted by Crippen LogP contribution is -2.07. The van der Waals surface area contributed by atoms with Crippen LogP contribution in [0.5, 0.6) is 0 Å². The van der Waals surface area contributed by atoms with Crippen LogP contribution in [-0.4, -0.2) is 19.7 Å². The average Bonchev–Trinajstić information content (AvgIpc) is 3.08. The second kappa shape index (κ2) is 4.44. The predicted octanol–water partition coefficient (Wildman–Crippen LogP) is 3.52. The van der Waals surface area contributed by atoms with Crippen molar-refractivity contribution in [3.8, 4) is 5.82 Å². The van der Waals surface area contributed by atoms with Gasteiger partial charge in [0.2, 0.25) is 0 Å². The van der Waals surface area contributed by atoms with Crippen molar-refractivity contribution in [3.63, 3.8) is 0 Å². The molecule has 0 spiro atoms. The van der Waals surface area contributed by atoms with Crippen LogP contribution >= 0.6 is 11.6 Å². The largest absolute Gasteiger partial charge is 0.419 e. The highest BCUT2D eigenvalue weighted by Crippen LogP contribution is 2.39. The molecule has 0 N–H and O–H groups in total.